The molecule has 1 unspecified atom stereocenters. The minimum absolute atomic E-state index is 0.463. The summed E-state index contributed by atoms with van der Waals surface area (Å²) in [5.41, 5.74) is 0. The average Bonchev–Trinajstić information content (AvgIpc) is 1.83. The van der Waals surface area contributed by atoms with Crippen LogP contribution in [-0.4, -0.2) is 69.1 Å². The van der Waals surface area contributed by atoms with Gasteiger partial charge in [-0.2, -0.15) is 8.42 Å². The number of rotatable bonds is 4. The summed E-state index contributed by atoms with van der Waals surface area (Å²) in [6.07, 6.45) is 0. The van der Waals surface area contributed by atoms with Gasteiger partial charge in [0.05, 0.1) is 0 Å². The third-order valence-electron chi connectivity index (χ3n) is 0.739. The van der Waals surface area contributed by atoms with Gasteiger partial charge in [0.2, 0.25) is 0 Å². The van der Waals surface area contributed by atoms with Crippen molar-refractivity contribution in [2.75, 3.05) is 20.3 Å². The van der Waals surface area contributed by atoms with Crippen LogP contribution in [0.25, 0.3) is 0 Å². The van der Waals surface area contributed by atoms with Gasteiger partial charge in [-0.3, -0.25) is 9.11 Å². The van der Waals surface area contributed by atoms with Crippen molar-refractivity contribution in [3.8, 4) is 0 Å². The summed E-state index contributed by atoms with van der Waals surface area (Å²) in [6.45, 7) is 3.52. The van der Waals surface area contributed by atoms with Crippen molar-refractivity contribution < 1.29 is 27.0 Å². The minimum atomic E-state index is -4.67. The summed E-state index contributed by atoms with van der Waals surface area (Å²) < 4.78 is 42.0. The van der Waals surface area contributed by atoms with Crippen LogP contribution >= 0.6 is 0 Å². The summed E-state index contributed by atoms with van der Waals surface area (Å²) in [7, 11) is -2.99. The molecule has 0 aromatic heterocycles. The van der Waals surface area contributed by atoms with Crippen LogP contribution in [-0.2, 0) is 19.9 Å². The SMILES string of the molecule is COCCO[CH](C)[Na].O=S(=O)(O)O. The molecule has 0 amide bonds. The summed E-state index contributed by atoms with van der Waals surface area (Å²) in [5, 5.41) is 0. The second kappa shape index (κ2) is 9.35. The summed E-state index contributed by atoms with van der Waals surface area (Å²) in [5.74, 6) is 0. The molecule has 0 saturated heterocycles. The van der Waals surface area contributed by atoms with E-state index in [0.717, 1.165) is 34.5 Å². The first-order valence-corrected chi connectivity index (χ1v) is 6.13. The fourth-order valence-corrected chi connectivity index (χ4v) is 0.603. The van der Waals surface area contributed by atoms with Crippen molar-refractivity contribution >= 4 is 38.3 Å². The monoisotopic (exact) mass is 224 g/mol. The van der Waals surface area contributed by atoms with E-state index in [1.54, 1.807) is 7.11 Å². The van der Waals surface area contributed by atoms with E-state index >= 15 is 0 Å². The molecule has 2 N–H and O–H groups in total. The van der Waals surface area contributed by atoms with Gasteiger partial charge in [-0.1, -0.05) is 0 Å². The Balaban J connectivity index is 0. The van der Waals surface area contributed by atoms with Gasteiger partial charge in [0.15, 0.2) is 0 Å². The fraction of sp³-hybridized carbons (Fsp3) is 1.00. The van der Waals surface area contributed by atoms with E-state index in [2.05, 4.69) is 6.92 Å². The predicted octanol–water partition coefficient (Wildman–Crippen LogP) is -0.489. The molecule has 0 radical (unpaired) electrons. The molecular weight excluding hydrogens is 211 g/mol. The standard InChI is InChI=1S/C5H11O2.Na.H2O4S/c1-3-7-5-4-6-2;;1-5(2,3)4/h3H,4-5H2,1-2H3;;(H2,1,2,3,4). The van der Waals surface area contributed by atoms with Crippen LogP contribution < -0.4 is 0 Å². The van der Waals surface area contributed by atoms with Crippen LogP contribution in [0.2, 0.25) is 0 Å². The minimum Gasteiger partial charge on any atom is -0.264 e. The summed E-state index contributed by atoms with van der Waals surface area (Å²) >= 11 is 1.11. The molecule has 76 valence electrons. The number of ether oxygens (including phenoxy) is 2. The zero-order valence-corrected chi connectivity index (χ0v) is 10.7. The van der Waals surface area contributed by atoms with Crippen molar-refractivity contribution in [2.24, 2.45) is 0 Å². The molecule has 0 fully saturated rings. The van der Waals surface area contributed by atoms with Gasteiger partial charge >= 0.3 is 78.4 Å². The van der Waals surface area contributed by atoms with E-state index in [0.29, 0.717) is 9.96 Å². The Hall–Kier alpha value is 0.790. The Morgan fingerprint density at radius 1 is 1.38 bits per heavy atom. The van der Waals surface area contributed by atoms with Gasteiger partial charge in [-0.25, -0.2) is 0 Å². The van der Waals surface area contributed by atoms with E-state index in [1.165, 1.54) is 0 Å². The van der Waals surface area contributed by atoms with Crippen molar-refractivity contribution in [3.05, 3.63) is 0 Å². The molecule has 8 heteroatoms. The molecule has 0 aromatic rings. The quantitative estimate of drug-likeness (QED) is 0.380. The van der Waals surface area contributed by atoms with Crippen LogP contribution in [0.15, 0.2) is 0 Å². The van der Waals surface area contributed by atoms with Crippen molar-refractivity contribution in [2.45, 2.75) is 10.3 Å². The summed E-state index contributed by atoms with van der Waals surface area (Å²) in [6, 6.07) is 0. The first kappa shape index (κ1) is 16.2. The second-order valence-electron chi connectivity index (χ2n) is 2.36. The van der Waals surface area contributed by atoms with Crippen LogP contribution in [0.3, 0.4) is 0 Å². The molecule has 0 spiro atoms. The maximum atomic E-state index is 8.74. The molecule has 0 aromatic carbocycles. The topological polar surface area (TPSA) is 93.1 Å². The van der Waals surface area contributed by atoms with Gasteiger partial charge in [-0.15, -0.1) is 0 Å². The first-order chi connectivity index (χ1) is 5.77. The van der Waals surface area contributed by atoms with Crippen molar-refractivity contribution in [1.29, 1.82) is 0 Å². The molecular formula is C5H13NaO6S. The molecule has 0 heterocycles. The number of hydrogen-bond acceptors (Lipinski definition) is 4. The Kier molecular flexibility index (Phi) is 11.7. The Bertz CT molecular complexity index is 181. The molecule has 0 saturated carbocycles. The van der Waals surface area contributed by atoms with E-state index < -0.39 is 10.4 Å². The van der Waals surface area contributed by atoms with Gasteiger partial charge < -0.3 is 0 Å². The average molecular weight is 224 g/mol. The third-order valence-corrected chi connectivity index (χ3v) is 1.07. The van der Waals surface area contributed by atoms with Gasteiger partial charge in [-0.05, 0) is 0 Å². The Morgan fingerprint density at radius 2 is 1.77 bits per heavy atom. The van der Waals surface area contributed by atoms with E-state index in [-0.39, 0.29) is 0 Å². The maximum absolute atomic E-state index is 8.74. The van der Waals surface area contributed by atoms with Gasteiger partial charge in [0.1, 0.15) is 0 Å². The molecule has 6 nitrogen and oxygen atoms in total. The Labute approximate surface area is 95.6 Å². The first-order valence-electron chi connectivity index (χ1n) is 3.57. The molecule has 0 bridgehead atoms. The zero-order valence-electron chi connectivity index (χ0n) is 7.93. The zero-order chi connectivity index (χ0) is 10.9. The molecule has 0 aliphatic heterocycles. The fourth-order valence-electron chi connectivity index (χ4n) is 0.367. The van der Waals surface area contributed by atoms with E-state index in [4.69, 9.17) is 27.0 Å². The van der Waals surface area contributed by atoms with E-state index in [9.17, 15) is 0 Å². The molecule has 0 aliphatic carbocycles. The maximum Gasteiger partial charge on any atom is 0.394 e. The normalized spacial score (nSPS) is 13.1. The third kappa shape index (κ3) is 44.4. The molecule has 1 atom stereocenters. The van der Waals surface area contributed by atoms with Crippen LogP contribution in [0.5, 0.6) is 0 Å². The predicted molar refractivity (Wildman–Crippen MR) is 47.2 cm³/mol. The molecule has 13 heavy (non-hydrogen) atoms. The van der Waals surface area contributed by atoms with E-state index in [1.807, 2.05) is 0 Å². The summed E-state index contributed by atoms with van der Waals surface area (Å²) in [4.78, 5) is 0. The van der Waals surface area contributed by atoms with Crippen LogP contribution in [0, 0.1) is 0 Å². The van der Waals surface area contributed by atoms with Crippen LogP contribution in [0.1, 0.15) is 6.92 Å². The molecule has 0 aliphatic rings. The largest absolute Gasteiger partial charge is 0.394 e. The van der Waals surface area contributed by atoms with Gasteiger partial charge in [0, 0.05) is 0 Å². The Morgan fingerprint density at radius 3 is 2.00 bits per heavy atom. The van der Waals surface area contributed by atoms with Crippen molar-refractivity contribution in [1.82, 2.24) is 0 Å². The second-order valence-corrected chi connectivity index (χ2v) is 4.88. The van der Waals surface area contributed by atoms with Crippen molar-refractivity contribution in [3.63, 3.8) is 0 Å². The number of hydrogen-bond donors (Lipinski definition) is 2. The molecule has 0 rings (SSSR count). The number of methoxy groups -OCH3 is 1. The van der Waals surface area contributed by atoms with Crippen LogP contribution in [0.4, 0.5) is 0 Å². The smallest absolute Gasteiger partial charge is 0.264 e. The van der Waals surface area contributed by atoms with Gasteiger partial charge in [0.25, 0.3) is 0 Å².